The van der Waals surface area contributed by atoms with E-state index in [1.807, 2.05) is 19.1 Å². The summed E-state index contributed by atoms with van der Waals surface area (Å²) in [6.07, 6.45) is -1.24. The van der Waals surface area contributed by atoms with E-state index in [1.165, 1.54) is 6.92 Å². The molecule has 3 aromatic rings. The maximum atomic E-state index is 14.6. The zero-order valence-electron chi connectivity index (χ0n) is 16.6. The van der Waals surface area contributed by atoms with Crippen LogP contribution in [0, 0.1) is 18.6 Å². The van der Waals surface area contributed by atoms with Crippen LogP contribution in [-0.4, -0.2) is 31.3 Å². The number of hydrogen-bond acceptors (Lipinski definition) is 6. The highest BCUT2D eigenvalue weighted by atomic mass is 19.1. The third-order valence-corrected chi connectivity index (χ3v) is 4.28. The molecule has 0 aliphatic rings. The Morgan fingerprint density at radius 2 is 1.87 bits per heavy atom. The van der Waals surface area contributed by atoms with E-state index in [-0.39, 0.29) is 11.6 Å². The summed E-state index contributed by atoms with van der Waals surface area (Å²) in [5, 5.41) is 0. The van der Waals surface area contributed by atoms with Crippen LogP contribution < -0.4 is 16.1 Å². The van der Waals surface area contributed by atoms with Gasteiger partial charge in [-0.15, -0.1) is 0 Å². The van der Waals surface area contributed by atoms with Gasteiger partial charge in [0.25, 0.3) is 5.91 Å². The molecular formula is C21H17BF2N2O5. The lowest BCUT2D eigenvalue weighted by molar-refractivity contribution is -0.143. The fourth-order valence-electron chi connectivity index (χ4n) is 2.76. The number of primary amides is 1. The van der Waals surface area contributed by atoms with Gasteiger partial charge in [-0.2, -0.15) is 0 Å². The molecule has 1 heterocycles. The van der Waals surface area contributed by atoms with Crippen molar-refractivity contribution in [2.75, 3.05) is 6.61 Å². The highest BCUT2D eigenvalue weighted by Crippen LogP contribution is 2.29. The molecule has 3 rings (SSSR count). The first-order valence-corrected chi connectivity index (χ1v) is 9.08. The quantitative estimate of drug-likeness (QED) is 0.460. The molecule has 0 fully saturated rings. The van der Waals surface area contributed by atoms with Gasteiger partial charge in [0.1, 0.15) is 23.7 Å². The fraction of sp³-hybridized carbons (Fsp3) is 0.190. The molecule has 0 aliphatic carbocycles. The molecule has 0 saturated carbocycles. The zero-order chi connectivity index (χ0) is 22.7. The number of amides is 1. The molecule has 10 heteroatoms. The molecule has 0 saturated heterocycles. The summed E-state index contributed by atoms with van der Waals surface area (Å²) in [5.74, 6) is -5.02. The Morgan fingerprint density at radius 1 is 1.19 bits per heavy atom. The summed E-state index contributed by atoms with van der Waals surface area (Å²) >= 11 is 0. The molecule has 158 valence electrons. The van der Waals surface area contributed by atoms with Crippen LogP contribution in [0.25, 0.3) is 11.3 Å². The van der Waals surface area contributed by atoms with Crippen LogP contribution in [0.2, 0.25) is 0 Å². The Labute approximate surface area is 177 Å². The van der Waals surface area contributed by atoms with Gasteiger partial charge in [-0.25, -0.2) is 13.8 Å². The highest BCUT2D eigenvalue weighted by Gasteiger charge is 2.27. The molecule has 1 atom stereocenters. The summed E-state index contributed by atoms with van der Waals surface area (Å²) in [6.45, 7) is 2.68. The number of esters is 1. The van der Waals surface area contributed by atoms with Crippen molar-refractivity contribution in [1.82, 2.24) is 4.98 Å². The van der Waals surface area contributed by atoms with Crippen LogP contribution in [0.3, 0.4) is 0 Å². The molecule has 0 bridgehead atoms. The zero-order valence-corrected chi connectivity index (χ0v) is 16.6. The smallest absolute Gasteiger partial charge is 0.302 e. The number of rotatable bonds is 7. The highest BCUT2D eigenvalue weighted by molar-refractivity contribution is 6.33. The van der Waals surface area contributed by atoms with Crippen molar-refractivity contribution in [2.24, 2.45) is 5.73 Å². The van der Waals surface area contributed by atoms with E-state index in [9.17, 15) is 18.4 Å². The minimum Gasteiger partial charge on any atom is -0.474 e. The van der Waals surface area contributed by atoms with Crippen molar-refractivity contribution in [1.29, 1.82) is 0 Å². The van der Waals surface area contributed by atoms with Crippen LogP contribution in [0.15, 0.2) is 40.8 Å². The number of halogens is 2. The van der Waals surface area contributed by atoms with Gasteiger partial charge in [0, 0.05) is 12.5 Å². The molecule has 31 heavy (non-hydrogen) atoms. The number of carbonyl (C=O) groups is 2. The monoisotopic (exact) mass is 426 g/mol. The van der Waals surface area contributed by atoms with E-state index in [0.717, 1.165) is 17.7 Å². The number of nitrogens with zero attached hydrogens (tertiary/aromatic N) is 1. The molecule has 1 aromatic heterocycles. The lowest BCUT2D eigenvalue weighted by Gasteiger charge is -2.17. The van der Waals surface area contributed by atoms with Crippen molar-refractivity contribution < 1.29 is 32.3 Å². The number of benzene rings is 2. The summed E-state index contributed by atoms with van der Waals surface area (Å²) in [6, 6.07) is 9.07. The Hall–Kier alpha value is -3.69. The van der Waals surface area contributed by atoms with Crippen LogP contribution in [0.5, 0.6) is 5.75 Å². The molecule has 0 spiro atoms. The predicted octanol–water partition coefficient (Wildman–Crippen LogP) is 2.50. The minimum atomic E-state index is -1.31. The summed E-state index contributed by atoms with van der Waals surface area (Å²) in [5.41, 5.74) is 6.03. The number of nitrogens with two attached hydrogens (primary N) is 1. The first-order chi connectivity index (χ1) is 14.7. The van der Waals surface area contributed by atoms with Gasteiger partial charge in [-0.3, -0.25) is 9.59 Å². The van der Waals surface area contributed by atoms with Crippen LogP contribution in [-0.2, 0) is 9.53 Å². The van der Waals surface area contributed by atoms with E-state index >= 15 is 0 Å². The minimum absolute atomic E-state index is 0.0346. The van der Waals surface area contributed by atoms with Crippen molar-refractivity contribution in [3.63, 3.8) is 0 Å². The van der Waals surface area contributed by atoms with Crippen LogP contribution >= 0.6 is 0 Å². The Bertz CT molecular complexity index is 1130. The molecule has 2 radical (unpaired) electrons. The SMILES string of the molecule is [B]c1oc(C(COC(C)=O)Oc2ccc(F)c(C(N)=O)c2F)nc1-c1ccc(C)cc1. The third kappa shape index (κ3) is 4.91. The van der Waals surface area contributed by atoms with Crippen LogP contribution in [0.1, 0.15) is 34.8 Å². The molecule has 7 nitrogen and oxygen atoms in total. The first kappa shape index (κ1) is 22.0. The molecule has 2 N–H and O–H groups in total. The number of aryl methyl sites for hydroxylation is 1. The van der Waals surface area contributed by atoms with Crippen molar-refractivity contribution >= 4 is 25.4 Å². The molecular weight excluding hydrogens is 409 g/mol. The maximum Gasteiger partial charge on any atom is 0.302 e. The molecule has 1 unspecified atom stereocenters. The first-order valence-electron chi connectivity index (χ1n) is 9.08. The summed E-state index contributed by atoms with van der Waals surface area (Å²) < 4.78 is 44.3. The van der Waals surface area contributed by atoms with Gasteiger partial charge < -0.3 is 19.6 Å². The Balaban J connectivity index is 1.98. The average molecular weight is 426 g/mol. The van der Waals surface area contributed by atoms with Crippen molar-refractivity contribution in [3.8, 4) is 17.0 Å². The Kier molecular flexibility index (Phi) is 6.38. The standard InChI is InChI=1S/C21H17BF2N2O5/c1-10-3-5-12(6-4-10)18-19(22)31-21(26-18)15(9-29-11(2)27)30-14-8-7-13(23)16(17(14)24)20(25)28/h3-8,15H,9H2,1-2H3,(H2,25,28). The van der Waals surface area contributed by atoms with Gasteiger partial charge >= 0.3 is 5.97 Å². The second-order valence-electron chi connectivity index (χ2n) is 6.64. The van der Waals surface area contributed by atoms with E-state index in [2.05, 4.69) is 4.98 Å². The summed E-state index contributed by atoms with van der Waals surface area (Å²) in [4.78, 5) is 26.9. The van der Waals surface area contributed by atoms with Gasteiger partial charge in [-0.05, 0) is 19.1 Å². The largest absolute Gasteiger partial charge is 0.474 e. The van der Waals surface area contributed by atoms with Gasteiger partial charge in [0.15, 0.2) is 19.4 Å². The predicted molar refractivity (Wildman–Crippen MR) is 107 cm³/mol. The number of hydrogen-bond donors (Lipinski definition) is 1. The van der Waals surface area contributed by atoms with E-state index in [0.29, 0.717) is 11.3 Å². The number of carbonyl (C=O) groups excluding carboxylic acids is 2. The lowest BCUT2D eigenvalue weighted by atomic mass is 9.99. The van der Waals surface area contributed by atoms with Gasteiger partial charge in [0.05, 0.1) is 5.66 Å². The second kappa shape index (κ2) is 8.99. The third-order valence-electron chi connectivity index (χ3n) is 4.28. The molecule has 1 amide bonds. The maximum absolute atomic E-state index is 14.6. The van der Waals surface area contributed by atoms with Gasteiger partial charge in [-0.1, -0.05) is 29.8 Å². The van der Waals surface area contributed by atoms with Crippen LogP contribution in [0.4, 0.5) is 8.78 Å². The van der Waals surface area contributed by atoms with E-state index < -0.39 is 47.5 Å². The molecule has 0 aliphatic heterocycles. The van der Waals surface area contributed by atoms with E-state index in [4.69, 9.17) is 27.5 Å². The number of aromatic nitrogens is 1. The van der Waals surface area contributed by atoms with Crippen molar-refractivity contribution in [2.45, 2.75) is 20.0 Å². The fourth-order valence-corrected chi connectivity index (χ4v) is 2.76. The van der Waals surface area contributed by atoms with Gasteiger partial charge in [0.2, 0.25) is 12.0 Å². The number of ether oxygens (including phenoxy) is 2. The molecule has 2 aromatic carbocycles. The lowest BCUT2D eigenvalue weighted by Crippen LogP contribution is -2.20. The normalized spacial score (nSPS) is 11.7. The van der Waals surface area contributed by atoms with Crippen molar-refractivity contribution in [3.05, 3.63) is 65.1 Å². The second-order valence-corrected chi connectivity index (χ2v) is 6.64. The Morgan fingerprint density at radius 3 is 2.48 bits per heavy atom. The summed E-state index contributed by atoms with van der Waals surface area (Å²) in [7, 11) is 5.93. The van der Waals surface area contributed by atoms with E-state index in [1.54, 1.807) is 12.1 Å². The number of oxazole rings is 1. The topological polar surface area (TPSA) is 105 Å². The average Bonchev–Trinajstić information content (AvgIpc) is 3.08.